The normalized spacial score (nSPS) is 13.0. The number of nitrogens with zero attached hydrogens (tertiary/aromatic N) is 2. The molecule has 5 nitrogen and oxygen atoms in total. The first-order chi connectivity index (χ1) is 11.8. The van der Waals surface area contributed by atoms with E-state index in [9.17, 15) is 18.0 Å². The zero-order chi connectivity index (χ0) is 18.2. The molecule has 0 aliphatic heterocycles. The Bertz CT molecular complexity index is 934. The molecule has 2 aromatic carbocycles. The molecule has 0 bridgehead atoms. The number of imidazole rings is 1. The van der Waals surface area contributed by atoms with E-state index in [0.717, 1.165) is 6.07 Å². The minimum atomic E-state index is -4.52. The highest BCUT2D eigenvalue weighted by Gasteiger charge is 2.33. The molecule has 1 N–H and O–H groups in total. The summed E-state index contributed by atoms with van der Waals surface area (Å²) < 4.78 is 46.2. The van der Waals surface area contributed by atoms with Gasteiger partial charge in [0, 0.05) is 0 Å². The number of alkyl halides is 3. The first-order valence-corrected chi connectivity index (χ1v) is 7.31. The first-order valence-electron chi connectivity index (χ1n) is 7.31. The van der Waals surface area contributed by atoms with Crippen molar-refractivity contribution in [1.82, 2.24) is 9.55 Å². The van der Waals surface area contributed by atoms with Gasteiger partial charge in [0.2, 0.25) is 0 Å². The van der Waals surface area contributed by atoms with Crippen molar-refractivity contribution in [2.45, 2.75) is 19.2 Å². The fraction of sp³-hybridized carbons (Fsp3) is 0.176. The Labute approximate surface area is 140 Å². The van der Waals surface area contributed by atoms with Crippen molar-refractivity contribution in [2.24, 2.45) is 0 Å². The topological polar surface area (TPSA) is 64.4 Å². The number of carbonyl (C=O) groups is 1. The van der Waals surface area contributed by atoms with Crippen molar-refractivity contribution in [3.05, 3.63) is 54.4 Å². The highest BCUT2D eigenvalue weighted by atomic mass is 19.4. The maximum atomic E-state index is 13.1. The third-order valence-corrected chi connectivity index (χ3v) is 3.66. The van der Waals surface area contributed by atoms with Crippen LogP contribution in [0.25, 0.3) is 16.7 Å². The van der Waals surface area contributed by atoms with E-state index < -0.39 is 23.8 Å². The molecule has 0 aliphatic rings. The molecule has 8 heteroatoms. The number of ether oxygens (including phenoxy) is 1. The van der Waals surface area contributed by atoms with E-state index in [1.165, 1.54) is 30.0 Å². The zero-order valence-corrected chi connectivity index (χ0v) is 13.0. The largest absolute Gasteiger partial charge is 0.479 e. The summed E-state index contributed by atoms with van der Waals surface area (Å²) in [5.41, 5.74) is -0.372. The number of hydrogen-bond acceptors (Lipinski definition) is 3. The Hall–Kier alpha value is -3.03. The molecule has 1 unspecified atom stereocenters. The van der Waals surface area contributed by atoms with Crippen LogP contribution >= 0.6 is 0 Å². The van der Waals surface area contributed by atoms with Crippen LogP contribution in [0.1, 0.15) is 12.5 Å². The van der Waals surface area contributed by atoms with Gasteiger partial charge in [-0.25, -0.2) is 9.78 Å². The van der Waals surface area contributed by atoms with Crippen molar-refractivity contribution < 1.29 is 27.8 Å². The number of aliphatic carboxylic acids is 1. The second kappa shape index (κ2) is 6.12. The van der Waals surface area contributed by atoms with E-state index in [1.54, 1.807) is 24.3 Å². The Morgan fingerprint density at radius 1 is 1.20 bits per heavy atom. The van der Waals surface area contributed by atoms with Crippen LogP contribution in [0.2, 0.25) is 0 Å². The van der Waals surface area contributed by atoms with Crippen molar-refractivity contribution in [3.8, 4) is 11.4 Å². The Kier molecular flexibility index (Phi) is 4.12. The van der Waals surface area contributed by atoms with Crippen LogP contribution in [-0.2, 0) is 11.0 Å². The quantitative estimate of drug-likeness (QED) is 0.775. The van der Waals surface area contributed by atoms with Gasteiger partial charge in [-0.1, -0.05) is 18.2 Å². The van der Waals surface area contributed by atoms with Gasteiger partial charge in [-0.2, -0.15) is 13.2 Å². The second-order valence-corrected chi connectivity index (χ2v) is 5.35. The highest BCUT2D eigenvalue weighted by molar-refractivity contribution is 5.82. The summed E-state index contributed by atoms with van der Waals surface area (Å²) >= 11 is 0. The number of halogens is 3. The molecule has 0 aliphatic carbocycles. The number of carboxylic acids is 1. The van der Waals surface area contributed by atoms with Crippen LogP contribution in [0, 0.1) is 0 Å². The van der Waals surface area contributed by atoms with Crippen LogP contribution < -0.4 is 4.74 Å². The number of aromatic nitrogens is 2. The molecule has 0 fully saturated rings. The van der Waals surface area contributed by atoms with Gasteiger partial charge in [-0.05, 0) is 31.2 Å². The van der Waals surface area contributed by atoms with Gasteiger partial charge in [0.15, 0.2) is 6.10 Å². The maximum Gasteiger partial charge on any atom is 0.418 e. The van der Waals surface area contributed by atoms with E-state index in [-0.39, 0.29) is 16.8 Å². The van der Waals surface area contributed by atoms with Gasteiger partial charge in [0.1, 0.15) is 17.6 Å². The fourth-order valence-corrected chi connectivity index (χ4v) is 2.46. The Morgan fingerprint density at radius 3 is 2.60 bits per heavy atom. The molecule has 25 heavy (non-hydrogen) atoms. The molecule has 1 heterocycles. The van der Waals surface area contributed by atoms with Gasteiger partial charge in [-0.15, -0.1) is 0 Å². The Morgan fingerprint density at radius 2 is 1.92 bits per heavy atom. The van der Waals surface area contributed by atoms with Gasteiger partial charge < -0.3 is 9.84 Å². The third kappa shape index (κ3) is 3.15. The van der Waals surface area contributed by atoms with Gasteiger partial charge in [-0.3, -0.25) is 4.57 Å². The smallest absolute Gasteiger partial charge is 0.418 e. The standard InChI is InChI=1S/C17H13F3N2O3/c1-10(16(23)24)25-14-8-3-2-6-12(14)22-9-21-15-11(17(18,19)20)5-4-7-13(15)22/h2-10H,1H3,(H,23,24). The molecule has 0 saturated heterocycles. The molecule has 0 radical (unpaired) electrons. The lowest BCUT2D eigenvalue weighted by atomic mass is 10.1. The summed E-state index contributed by atoms with van der Waals surface area (Å²) in [5, 5.41) is 8.99. The average molecular weight is 350 g/mol. The maximum absolute atomic E-state index is 13.1. The highest BCUT2D eigenvalue weighted by Crippen LogP contribution is 2.35. The van der Waals surface area contributed by atoms with Gasteiger partial charge in [0.05, 0.1) is 16.8 Å². The minimum Gasteiger partial charge on any atom is -0.479 e. The zero-order valence-electron chi connectivity index (χ0n) is 13.0. The minimum absolute atomic E-state index is 0.184. The summed E-state index contributed by atoms with van der Waals surface area (Å²) in [7, 11) is 0. The summed E-state index contributed by atoms with van der Waals surface area (Å²) in [6.07, 6.45) is -4.37. The summed E-state index contributed by atoms with van der Waals surface area (Å²) in [6.45, 7) is 1.37. The lowest BCUT2D eigenvalue weighted by molar-refractivity contribution is -0.144. The van der Waals surface area contributed by atoms with Crippen LogP contribution in [0.3, 0.4) is 0 Å². The number of fused-ring (bicyclic) bond motifs is 1. The van der Waals surface area contributed by atoms with E-state index in [1.807, 2.05) is 0 Å². The Balaban J connectivity index is 2.14. The van der Waals surface area contributed by atoms with Crippen molar-refractivity contribution >= 4 is 17.0 Å². The molecule has 0 spiro atoms. The number of benzene rings is 2. The molecule has 130 valence electrons. The molecule has 1 aromatic heterocycles. The fourth-order valence-electron chi connectivity index (χ4n) is 2.46. The van der Waals surface area contributed by atoms with Crippen molar-refractivity contribution in [2.75, 3.05) is 0 Å². The molecular formula is C17H13F3N2O3. The predicted octanol–water partition coefficient (Wildman–Crippen LogP) is 3.90. The lowest BCUT2D eigenvalue weighted by Crippen LogP contribution is -2.23. The summed E-state index contributed by atoms with van der Waals surface area (Å²) in [5.74, 6) is -0.918. The van der Waals surface area contributed by atoms with Crippen LogP contribution in [0.15, 0.2) is 48.8 Å². The summed E-state index contributed by atoms with van der Waals surface area (Å²) in [4.78, 5) is 14.9. The number of para-hydroxylation sites is 3. The predicted molar refractivity (Wildman–Crippen MR) is 83.8 cm³/mol. The van der Waals surface area contributed by atoms with E-state index in [2.05, 4.69) is 4.98 Å². The van der Waals surface area contributed by atoms with E-state index in [4.69, 9.17) is 9.84 Å². The molecular weight excluding hydrogens is 337 g/mol. The monoisotopic (exact) mass is 350 g/mol. The SMILES string of the molecule is CC(Oc1ccccc1-n1cnc2c(C(F)(F)F)cccc21)C(=O)O. The summed E-state index contributed by atoms with van der Waals surface area (Å²) in [6, 6.07) is 10.3. The number of rotatable bonds is 4. The average Bonchev–Trinajstić information content (AvgIpc) is 2.98. The van der Waals surface area contributed by atoms with Crippen molar-refractivity contribution in [1.29, 1.82) is 0 Å². The number of hydrogen-bond donors (Lipinski definition) is 1. The second-order valence-electron chi connectivity index (χ2n) is 5.35. The van der Waals surface area contributed by atoms with E-state index >= 15 is 0 Å². The molecule has 3 rings (SSSR count). The molecule has 0 saturated carbocycles. The van der Waals surface area contributed by atoms with Crippen molar-refractivity contribution in [3.63, 3.8) is 0 Å². The third-order valence-electron chi connectivity index (χ3n) is 3.66. The van der Waals surface area contributed by atoms with Crippen LogP contribution in [0.4, 0.5) is 13.2 Å². The lowest BCUT2D eigenvalue weighted by Gasteiger charge is -2.15. The van der Waals surface area contributed by atoms with E-state index in [0.29, 0.717) is 5.69 Å². The number of carboxylic acid groups (broad SMARTS) is 1. The van der Waals surface area contributed by atoms with Crippen LogP contribution in [-0.4, -0.2) is 26.7 Å². The van der Waals surface area contributed by atoms with Gasteiger partial charge in [0.25, 0.3) is 0 Å². The first kappa shape index (κ1) is 16.8. The van der Waals surface area contributed by atoms with Crippen LogP contribution in [0.5, 0.6) is 5.75 Å². The molecule has 0 amide bonds. The molecule has 1 atom stereocenters. The molecule has 3 aromatic rings. The van der Waals surface area contributed by atoms with Gasteiger partial charge >= 0.3 is 12.1 Å².